The zero-order valence-corrected chi connectivity index (χ0v) is 15.5. The summed E-state index contributed by atoms with van der Waals surface area (Å²) in [5.41, 5.74) is 4.76. The zero-order chi connectivity index (χ0) is 19.0. The van der Waals surface area contributed by atoms with Crippen LogP contribution >= 0.6 is 0 Å². The molecule has 1 unspecified atom stereocenters. The molecule has 0 radical (unpaired) electrons. The number of rotatable bonds is 4. The van der Waals surface area contributed by atoms with Crippen molar-refractivity contribution in [2.24, 2.45) is 5.92 Å². The lowest BCUT2D eigenvalue weighted by atomic mass is 9.85. The molecule has 2 N–H and O–H groups in total. The molecule has 0 aliphatic heterocycles. The number of carbonyl (C=O) groups excluding carboxylic acids is 2. The van der Waals surface area contributed by atoms with Crippen molar-refractivity contribution in [3.05, 3.63) is 59.3 Å². The van der Waals surface area contributed by atoms with Gasteiger partial charge in [0.05, 0.1) is 7.11 Å². The van der Waals surface area contributed by atoms with Gasteiger partial charge in [-0.05, 0) is 62.1 Å². The molecule has 2 aromatic carbocycles. The van der Waals surface area contributed by atoms with Gasteiger partial charge in [0.15, 0.2) is 5.78 Å². The fraction of sp³-hybridized carbons (Fsp3) is 0.273. The number of aromatic nitrogens is 1. The van der Waals surface area contributed by atoms with Crippen LogP contribution in [0.2, 0.25) is 0 Å². The summed E-state index contributed by atoms with van der Waals surface area (Å²) in [4.78, 5) is 27.8. The van der Waals surface area contributed by atoms with Crippen molar-refractivity contribution in [2.75, 3.05) is 12.4 Å². The summed E-state index contributed by atoms with van der Waals surface area (Å²) in [5.74, 6) is 0.709. The maximum Gasteiger partial charge on any atom is 0.227 e. The molecule has 0 bridgehead atoms. The molecule has 0 spiro atoms. The Labute approximate surface area is 157 Å². The third-order valence-electron chi connectivity index (χ3n) is 5.30. The zero-order valence-electron chi connectivity index (χ0n) is 15.5. The van der Waals surface area contributed by atoms with Crippen molar-refractivity contribution in [3.63, 3.8) is 0 Å². The molecule has 4 rings (SSSR count). The molecular weight excluding hydrogens is 340 g/mol. The van der Waals surface area contributed by atoms with E-state index in [4.69, 9.17) is 4.74 Å². The molecule has 0 saturated carbocycles. The fourth-order valence-electron chi connectivity index (χ4n) is 3.81. The first-order valence-corrected chi connectivity index (χ1v) is 9.14. The number of ketones is 1. The third kappa shape index (κ3) is 3.33. The average molecular weight is 362 g/mol. The largest absolute Gasteiger partial charge is 0.497 e. The van der Waals surface area contributed by atoms with Crippen LogP contribution in [0.15, 0.2) is 42.5 Å². The second-order valence-corrected chi connectivity index (χ2v) is 7.06. The van der Waals surface area contributed by atoms with Crippen LogP contribution in [0.4, 0.5) is 5.69 Å². The standard InChI is InChI=1S/C22H22N2O3/c1-13(25)14-4-3-5-16(10-14)23-22(26)15-6-8-20-18(11-15)19-12-17(27-2)7-9-21(19)24-20/h3-5,7,9-10,12,15,24H,6,8,11H2,1-2H3,(H,23,26). The molecule has 0 fully saturated rings. The normalized spacial score (nSPS) is 16.0. The van der Waals surface area contributed by atoms with E-state index in [2.05, 4.69) is 10.3 Å². The van der Waals surface area contributed by atoms with E-state index in [1.807, 2.05) is 24.3 Å². The van der Waals surface area contributed by atoms with Crippen LogP contribution in [0.5, 0.6) is 5.75 Å². The number of methoxy groups -OCH3 is 1. The molecule has 1 atom stereocenters. The van der Waals surface area contributed by atoms with Crippen molar-refractivity contribution in [1.82, 2.24) is 4.98 Å². The maximum absolute atomic E-state index is 12.8. The van der Waals surface area contributed by atoms with Crippen LogP contribution in [0.25, 0.3) is 10.9 Å². The number of hydrogen-bond acceptors (Lipinski definition) is 3. The Morgan fingerprint density at radius 3 is 2.81 bits per heavy atom. The summed E-state index contributed by atoms with van der Waals surface area (Å²) in [7, 11) is 1.66. The summed E-state index contributed by atoms with van der Waals surface area (Å²) in [6.07, 6.45) is 2.34. The number of anilines is 1. The summed E-state index contributed by atoms with van der Waals surface area (Å²) in [6.45, 7) is 1.52. The van der Waals surface area contributed by atoms with E-state index in [0.29, 0.717) is 17.7 Å². The predicted molar refractivity (Wildman–Crippen MR) is 105 cm³/mol. The average Bonchev–Trinajstić information content (AvgIpc) is 3.05. The van der Waals surface area contributed by atoms with E-state index >= 15 is 0 Å². The lowest BCUT2D eigenvalue weighted by Crippen LogP contribution is -2.28. The summed E-state index contributed by atoms with van der Waals surface area (Å²) in [5, 5.41) is 4.10. The first-order valence-electron chi connectivity index (χ1n) is 9.14. The monoisotopic (exact) mass is 362 g/mol. The van der Waals surface area contributed by atoms with Gasteiger partial charge in [0, 0.05) is 33.8 Å². The lowest BCUT2D eigenvalue weighted by molar-refractivity contribution is -0.120. The van der Waals surface area contributed by atoms with Gasteiger partial charge in [-0.25, -0.2) is 0 Å². The molecule has 1 amide bonds. The molecule has 1 aliphatic carbocycles. The Balaban J connectivity index is 1.56. The van der Waals surface area contributed by atoms with Crippen LogP contribution in [0, 0.1) is 5.92 Å². The second-order valence-electron chi connectivity index (χ2n) is 7.06. The highest BCUT2D eigenvalue weighted by molar-refractivity contribution is 5.98. The summed E-state index contributed by atoms with van der Waals surface area (Å²) < 4.78 is 5.35. The number of benzene rings is 2. The molecule has 1 aliphatic rings. The number of hydrogen-bond donors (Lipinski definition) is 2. The number of Topliss-reactive ketones (excluding diaryl/α,β-unsaturated/α-hetero) is 1. The predicted octanol–water partition coefficient (Wildman–Crippen LogP) is 4.12. The molecular formula is C22H22N2O3. The Kier molecular flexibility index (Phi) is 4.44. The smallest absolute Gasteiger partial charge is 0.227 e. The molecule has 1 heterocycles. The van der Waals surface area contributed by atoms with Gasteiger partial charge in [-0.2, -0.15) is 0 Å². The molecule has 27 heavy (non-hydrogen) atoms. The van der Waals surface area contributed by atoms with Gasteiger partial charge >= 0.3 is 0 Å². The third-order valence-corrected chi connectivity index (χ3v) is 5.30. The van der Waals surface area contributed by atoms with E-state index in [1.165, 1.54) is 18.2 Å². The van der Waals surface area contributed by atoms with Crippen molar-refractivity contribution in [2.45, 2.75) is 26.2 Å². The molecule has 5 heteroatoms. The molecule has 0 saturated heterocycles. The number of nitrogens with one attached hydrogen (secondary N) is 2. The summed E-state index contributed by atoms with van der Waals surface area (Å²) in [6, 6.07) is 13.1. The van der Waals surface area contributed by atoms with Crippen LogP contribution in [0.3, 0.4) is 0 Å². The van der Waals surface area contributed by atoms with Crippen LogP contribution in [-0.4, -0.2) is 23.8 Å². The number of fused-ring (bicyclic) bond motifs is 3. The molecule has 5 nitrogen and oxygen atoms in total. The highest BCUT2D eigenvalue weighted by Gasteiger charge is 2.27. The van der Waals surface area contributed by atoms with E-state index in [0.717, 1.165) is 29.5 Å². The number of ether oxygens (including phenoxy) is 1. The van der Waals surface area contributed by atoms with Crippen molar-refractivity contribution in [1.29, 1.82) is 0 Å². The van der Waals surface area contributed by atoms with Gasteiger partial charge < -0.3 is 15.0 Å². The number of aromatic amines is 1. The van der Waals surface area contributed by atoms with Gasteiger partial charge in [-0.3, -0.25) is 9.59 Å². The molecule has 3 aromatic rings. The van der Waals surface area contributed by atoms with Gasteiger partial charge in [-0.1, -0.05) is 12.1 Å². The van der Waals surface area contributed by atoms with Crippen LogP contribution in [-0.2, 0) is 17.6 Å². The topological polar surface area (TPSA) is 71.2 Å². The van der Waals surface area contributed by atoms with E-state index in [-0.39, 0.29) is 17.6 Å². The van der Waals surface area contributed by atoms with Crippen molar-refractivity contribution in [3.8, 4) is 5.75 Å². The van der Waals surface area contributed by atoms with Crippen molar-refractivity contribution >= 4 is 28.3 Å². The Bertz CT molecular complexity index is 1040. The number of amides is 1. The van der Waals surface area contributed by atoms with Crippen LogP contribution in [0.1, 0.15) is 35.0 Å². The minimum absolute atomic E-state index is 0.00130. The summed E-state index contributed by atoms with van der Waals surface area (Å²) >= 11 is 0. The number of H-pyrrole nitrogens is 1. The maximum atomic E-state index is 12.8. The van der Waals surface area contributed by atoms with Gasteiger partial charge in [0.25, 0.3) is 0 Å². The lowest BCUT2D eigenvalue weighted by Gasteiger charge is -2.22. The van der Waals surface area contributed by atoms with E-state index in [9.17, 15) is 9.59 Å². The van der Waals surface area contributed by atoms with E-state index < -0.39 is 0 Å². The van der Waals surface area contributed by atoms with Gasteiger partial charge in [0.2, 0.25) is 5.91 Å². The minimum Gasteiger partial charge on any atom is -0.497 e. The molecule has 138 valence electrons. The fourth-order valence-corrected chi connectivity index (χ4v) is 3.81. The van der Waals surface area contributed by atoms with Crippen molar-refractivity contribution < 1.29 is 14.3 Å². The number of aryl methyl sites for hydroxylation is 1. The second kappa shape index (κ2) is 6.91. The quantitative estimate of drug-likeness (QED) is 0.686. The first-order chi connectivity index (χ1) is 13.0. The Morgan fingerprint density at radius 1 is 1.19 bits per heavy atom. The SMILES string of the molecule is COc1ccc2[nH]c3c(c2c1)CC(C(=O)Nc1cccc(C(C)=O)c1)CC3. The highest BCUT2D eigenvalue weighted by Crippen LogP contribution is 2.34. The van der Waals surface area contributed by atoms with Gasteiger partial charge in [0.1, 0.15) is 5.75 Å². The highest BCUT2D eigenvalue weighted by atomic mass is 16.5. The van der Waals surface area contributed by atoms with Gasteiger partial charge in [-0.15, -0.1) is 0 Å². The van der Waals surface area contributed by atoms with Crippen LogP contribution < -0.4 is 10.1 Å². The Morgan fingerprint density at radius 2 is 2.04 bits per heavy atom. The Hall–Kier alpha value is -3.08. The minimum atomic E-state index is -0.0938. The molecule has 1 aromatic heterocycles. The van der Waals surface area contributed by atoms with E-state index in [1.54, 1.807) is 25.3 Å². The number of carbonyl (C=O) groups is 2. The first kappa shape index (κ1) is 17.3.